The monoisotopic (exact) mass is 228 g/mol. The van der Waals surface area contributed by atoms with E-state index in [-0.39, 0.29) is 5.97 Å². The standard InChI is InChI=1S/C11H20N2O3/c1-10(2,3)9(14)16-11(12-15)5-7-13(4)8-6-11/h5-8H2,1-4H3. The molecule has 1 rings (SSSR count). The van der Waals surface area contributed by atoms with Gasteiger partial charge in [0, 0.05) is 25.9 Å². The van der Waals surface area contributed by atoms with Gasteiger partial charge < -0.3 is 9.64 Å². The number of hydrogen-bond donors (Lipinski definition) is 0. The molecule has 0 aromatic rings. The molecule has 0 saturated carbocycles. The molecule has 5 nitrogen and oxygen atoms in total. The zero-order valence-electron chi connectivity index (χ0n) is 10.4. The van der Waals surface area contributed by atoms with Crippen LogP contribution in [0.5, 0.6) is 0 Å². The number of rotatable bonds is 2. The first-order valence-electron chi connectivity index (χ1n) is 5.56. The Kier molecular flexibility index (Phi) is 3.68. The van der Waals surface area contributed by atoms with Crippen LogP contribution in [0, 0.1) is 10.3 Å². The van der Waals surface area contributed by atoms with Crippen LogP contribution in [-0.2, 0) is 9.53 Å². The molecule has 0 atom stereocenters. The molecule has 0 spiro atoms. The molecule has 0 N–H and O–H groups in total. The largest absolute Gasteiger partial charge is 0.433 e. The van der Waals surface area contributed by atoms with Crippen molar-refractivity contribution in [3.63, 3.8) is 0 Å². The molecule has 0 radical (unpaired) electrons. The maximum absolute atomic E-state index is 11.7. The Hall–Kier alpha value is -0.970. The third-order valence-electron chi connectivity index (χ3n) is 2.83. The lowest BCUT2D eigenvalue weighted by Crippen LogP contribution is -2.46. The van der Waals surface area contributed by atoms with Gasteiger partial charge in [0.05, 0.1) is 5.41 Å². The number of piperidine rings is 1. The lowest BCUT2D eigenvalue weighted by molar-refractivity contribution is -0.173. The smallest absolute Gasteiger partial charge is 0.313 e. The third-order valence-corrected chi connectivity index (χ3v) is 2.83. The summed E-state index contributed by atoms with van der Waals surface area (Å²) < 4.78 is 5.30. The fourth-order valence-corrected chi connectivity index (χ4v) is 1.51. The van der Waals surface area contributed by atoms with Crippen molar-refractivity contribution in [2.24, 2.45) is 10.6 Å². The van der Waals surface area contributed by atoms with Gasteiger partial charge in [-0.25, -0.2) is 0 Å². The van der Waals surface area contributed by atoms with Crippen LogP contribution >= 0.6 is 0 Å². The van der Waals surface area contributed by atoms with Crippen molar-refractivity contribution < 1.29 is 9.53 Å². The second-order valence-electron chi connectivity index (χ2n) is 5.48. The molecule has 1 heterocycles. The van der Waals surface area contributed by atoms with Crippen LogP contribution < -0.4 is 0 Å². The van der Waals surface area contributed by atoms with E-state index in [1.165, 1.54) is 0 Å². The van der Waals surface area contributed by atoms with E-state index in [9.17, 15) is 9.70 Å². The van der Waals surface area contributed by atoms with Crippen molar-refractivity contribution in [3.05, 3.63) is 4.91 Å². The first kappa shape index (κ1) is 13.1. The summed E-state index contributed by atoms with van der Waals surface area (Å²) >= 11 is 0. The van der Waals surface area contributed by atoms with Crippen LogP contribution in [0.1, 0.15) is 33.6 Å². The van der Waals surface area contributed by atoms with Gasteiger partial charge in [-0.3, -0.25) is 4.79 Å². The molecule has 1 aliphatic rings. The highest BCUT2D eigenvalue weighted by molar-refractivity contribution is 5.75. The van der Waals surface area contributed by atoms with Crippen LogP contribution in [0.25, 0.3) is 0 Å². The Morgan fingerprint density at radius 3 is 2.19 bits per heavy atom. The average molecular weight is 228 g/mol. The predicted molar refractivity (Wildman–Crippen MR) is 60.8 cm³/mol. The van der Waals surface area contributed by atoms with Crippen molar-refractivity contribution in [2.75, 3.05) is 20.1 Å². The minimum absolute atomic E-state index is 0.364. The predicted octanol–water partition coefficient (Wildman–Crippen LogP) is 1.76. The maximum atomic E-state index is 11.7. The van der Waals surface area contributed by atoms with Gasteiger partial charge in [0.1, 0.15) is 0 Å². The molecular weight excluding hydrogens is 208 g/mol. The van der Waals surface area contributed by atoms with Gasteiger partial charge >= 0.3 is 5.97 Å². The summed E-state index contributed by atoms with van der Waals surface area (Å²) in [7, 11) is 1.97. The molecule has 92 valence electrons. The van der Waals surface area contributed by atoms with E-state index in [1.54, 1.807) is 20.8 Å². The lowest BCUT2D eigenvalue weighted by atomic mass is 9.96. The number of hydrogen-bond acceptors (Lipinski definition) is 5. The minimum Gasteiger partial charge on any atom is -0.433 e. The van der Waals surface area contributed by atoms with Crippen LogP contribution in [0.2, 0.25) is 0 Å². The number of nitrogens with zero attached hydrogens (tertiary/aromatic N) is 2. The third kappa shape index (κ3) is 3.01. The van der Waals surface area contributed by atoms with Crippen molar-refractivity contribution >= 4 is 5.97 Å². The zero-order chi connectivity index (χ0) is 12.4. The van der Waals surface area contributed by atoms with Crippen LogP contribution in [-0.4, -0.2) is 36.7 Å². The van der Waals surface area contributed by atoms with E-state index in [2.05, 4.69) is 10.1 Å². The van der Waals surface area contributed by atoms with E-state index in [1.807, 2.05) is 7.05 Å². The molecule has 1 saturated heterocycles. The van der Waals surface area contributed by atoms with E-state index >= 15 is 0 Å². The molecule has 16 heavy (non-hydrogen) atoms. The topological polar surface area (TPSA) is 59.0 Å². The van der Waals surface area contributed by atoms with Crippen LogP contribution in [0.15, 0.2) is 5.18 Å². The second kappa shape index (κ2) is 4.49. The number of carbonyl (C=O) groups is 1. The van der Waals surface area contributed by atoms with E-state index in [4.69, 9.17) is 4.74 Å². The number of likely N-dealkylation sites (tertiary alicyclic amines) is 1. The fourth-order valence-electron chi connectivity index (χ4n) is 1.51. The average Bonchev–Trinajstić information content (AvgIpc) is 2.20. The first-order valence-corrected chi connectivity index (χ1v) is 5.56. The SMILES string of the molecule is CN1CCC(N=O)(OC(=O)C(C)(C)C)CC1. The Labute approximate surface area is 96.1 Å². The van der Waals surface area contributed by atoms with Crippen molar-refractivity contribution in [1.29, 1.82) is 0 Å². The van der Waals surface area contributed by atoms with E-state index in [0.29, 0.717) is 12.8 Å². The van der Waals surface area contributed by atoms with Crippen LogP contribution in [0.4, 0.5) is 0 Å². The molecule has 5 heteroatoms. The van der Waals surface area contributed by atoms with Gasteiger partial charge in [-0.1, -0.05) is 0 Å². The summed E-state index contributed by atoms with van der Waals surface area (Å²) in [5, 5.41) is 3.05. The molecular formula is C11H20N2O3. The highest BCUT2D eigenvalue weighted by Gasteiger charge is 2.41. The molecule has 0 aliphatic carbocycles. The van der Waals surface area contributed by atoms with E-state index in [0.717, 1.165) is 13.1 Å². The fraction of sp³-hybridized carbons (Fsp3) is 0.909. The summed E-state index contributed by atoms with van der Waals surface area (Å²) in [6, 6.07) is 0. The Morgan fingerprint density at radius 2 is 1.81 bits per heavy atom. The quantitative estimate of drug-likeness (QED) is 0.534. The van der Waals surface area contributed by atoms with Gasteiger partial charge in [-0.05, 0) is 33.0 Å². The normalized spacial score (nSPS) is 21.5. The lowest BCUT2D eigenvalue weighted by Gasteiger charge is -2.35. The van der Waals surface area contributed by atoms with Gasteiger partial charge in [0.25, 0.3) is 0 Å². The molecule has 0 amide bonds. The van der Waals surface area contributed by atoms with Crippen molar-refractivity contribution in [2.45, 2.75) is 39.3 Å². The number of ether oxygens (including phenoxy) is 1. The Balaban J connectivity index is 2.68. The number of esters is 1. The summed E-state index contributed by atoms with van der Waals surface area (Å²) in [5.41, 5.74) is -1.74. The molecule has 0 aromatic carbocycles. The van der Waals surface area contributed by atoms with Gasteiger partial charge in [0.2, 0.25) is 5.72 Å². The molecule has 0 bridgehead atoms. The van der Waals surface area contributed by atoms with E-state index < -0.39 is 11.1 Å². The Bertz CT molecular complexity index is 275. The van der Waals surface area contributed by atoms with Crippen molar-refractivity contribution in [1.82, 2.24) is 4.90 Å². The summed E-state index contributed by atoms with van der Waals surface area (Å²) in [4.78, 5) is 24.7. The van der Waals surface area contributed by atoms with Gasteiger partial charge in [-0.2, -0.15) is 0 Å². The van der Waals surface area contributed by atoms with Gasteiger partial charge in [-0.15, -0.1) is 4.91 Å². The first-order chi connectivity index (χ1) is 7.29. The Morgan fingerprint density at radius 1 is 1.31 bits per heavy atom. The van der Waals surface area contributed by atoms with Crippen LogP contribution in [0.3, 0.4) is 0 Å². The maximum Gasteiger partial charge on any atom is 0.313 e. The van der Waals surface area contributed by atoms with Crippen molar-refractivity contribution in [3.8, 4) is 0 Å². The molecule has 0 unspecified atom stereocenters. The minimum atomic E-state index is -1.14. The summed E-state index contributed by atoms with van der Waals surface area (Å²) in [5.74, 6) is -0.364. The molecule has 1 aliphatic heterocycles. The number of nitroso groups, excluding NO2 is 1. The summed E-state index contributed by atoms with van der Waals surface area (Å²) in [6.45, 7) is 6.75. The second-order valence-corrected chi connectivity index (χ2v) is 5.48. The summed E-state index contributed by atoms with van der Waals surface area (Å²) in [6.07, 6.45) is 0.962. The number of carbonyl (C=O) groups excluding carboxylic acids is 1. The molecule has 0 aromatic heterocycles. The molecule has 1 fully saturated rings. The zero-order valence-corrected chi connectivity index (χ0v) is 10.4. The van der Waals surface area contributed by atoms with Gasteiger partial charge in [0.15, 0.2) is 0 Å². The highest BCUT2D eigenvalue weighted by Crippen LogP contribution is 2.30. The highest BCUT2D eigenvalue weighted by atomic mass is 16.6.